The lowest BCUT2D eigenvalue weighted by molar-refractivity contribution is -0.138. The number of amides is 1. The number of carboxylic acids is 1. The Morgan fingerprint density at radius 1 is 1.22 bits per heavy atom. The summed E-state index contributed by atoms with van der Waals surface area (Å²) in [6.07, 6.45) is 0. The van der Waals surface area contributed by atoms with Crippen LogP contribution in [0, 0.1) is 25.7 Å². The van der Waals surface area contributed by atoms with Gasteiger partial charge < -0.3 is 14.5 Å². The molecule has 2 fully saturated rings. The second kappa shape index (κ2) is 6.81. The lowest BCUT2D eigenvalue weighted by Crippen LogP contribution is -2.37. The summed E-state index contributed by atoms with van der Waals surface area (Å²) in [5.41, 5.74) is 2.58. The van der Waals surface area contributed by atoms with Gasteiger partial charge in [0.1, 0.15) is 5.76 Å². The molecule has 0 saturated carbocycles. The average molecular weight is 369 g/mol. The molecule has 0 aliphatic carbocycles. The van der Waals surface area contributed by atoms with Gasteiger partial charge in [0.15, 0.2) is 5.69 Å². The Bertz CT molecular complexity index is 878. The van der Waals surface area contributed by atoms with Crippen molar-refractivity contribution in [2.45, 2.75) is 19.9 Å². The van der Waals surface area contributed by atoms with Gasteiger partial charge in [0, 0.05) is 31.6 Å². The second-order valence-corrected chi connectivity index (χ2v) is 7.59. The van der Waals surface area contributed by atoms with E-state index in [4.69, 9.17) is 9.63 Å². The van der Waals surface area contributed by atoms with E-state index in [0.29, 0.717) is 31.1 Å². The molecule has 7 heteroatoms. The van der Waals surface area contributed by atoms with Gasteiger partial charge in [-0.05, 0) is 30.9 Å². The molecular weight excluding hydrogens is 346 g/mol. The summed E-state index contributed by atoms with van der Waals surface area (Å²) < 4.78 is 5.09. The molecular formula is C20H23N3O4. The minimum atomic E-state index is -0.812. The molecule has 7 nitrogen and oxygen atoms in total. The van der Waals surface area contributed by atoms with Crippen molar-refractivity contribution in [1.29, 1.82) is 0 Å². The molecule has 0 radical (unpaired) electrons. The van der Waals surface area contributed by atoms with Crippen molar-refractivity contribution >= 4 is 11.9 Å². The van der Waals surface area contributed by atoms with E-state index >= 15 is 0 Å². The molecule has 0 bridgehead atoms. The van der Waals surface area contributed by atoms with Crippen LogP contribution in [0.25, 0.3) is 0 Å². The van der Waals surface area contributed by atoms with Crippen LogP contribution in [-0.4, -0.2) is 58.1 Å². The Morgan fingerprint density at radius 3 is 2.67 bits per heavy atom. The highest BCUT2D eigenvalue weighted by Crippen LogP contribution is 2.46. The Hall–Kier alpha value is -2.67. The van der Waals surface area contributed by atoms with Crippen LogP contribution in [0.2, 0.25) is 0 Å². The third-order valence-corrected chi connectivity index (χ3v) is 5.71. The molecule has 2 aliphatic rings. The number of carbonyl (C=O) groups excluding carboxylic acids is 1. The second-order valence-electron chi connectivity index (χ2n) is 7.59. The first-order valence-corrected chi connectivity index (χ1v) is 9.18. The molecule has 1 aromatic heterocycles. The van der Waals surface area contributed by atoms with Crippen molar-refractivity contribution < 1.29 is 19.2 Å². The number of benzene rings is 1. The molecule has 1 amide bonds. The van der Waals surface area contributed by atoms with Crippen molar-refractivity contribution in [2.75, 3.05) is 26.2 Å². The third-order valence-electron chi connectivity index (χ3n) is 5.71. The number of aryl methyl sites for hydroxylation is 2. The zero-order valence-electron chi connectivity index (χ0n) is 15.5. The number of fused-ring (bicyclic) bond motifs is 1. The van der Waals surface area contributed by atoms with Gasteiger partial charge in [-0.2, -0.15) is 0 Å². The number of hydrogen-bond donors (Lipinski definition) is 1. The summed E-state index contributed by atoms with van der Waals surface area (Å²) in [7, 11) is 0. The van der Waals surface area contributed by atoms with E-state index in [9.17, 15) is 9.59 Å². The highest BCUT2D eigenvalue weighted by Gasteiger charge is 2.50. The number of rotatable bonds is 4. The summed E-state index contributed by atoms with van der Waals surface area (Å²) in [6.45, 7) is 5.84. The van der Waals surface area contributed by atoms with E-state index in [1.165, 1.54) is 0 Å². The maximum absolute atomic E-state index is 13.1. The first-order valence-electron chi connectivity index (χ1n) is 9.18. The minimum Gasteiger partial charge on any atom is -0.480 e. The fourth-order valence-electron chi connectivity index (χ4n) is 4.60. The average Bonchev–Trinajstić information content (AvgIpc) is 3.28. The Morgan fingerprint density at radius 2 is 2.00 bits per heavy atom. The Labute approximate surface area is 157 Å². The predicted octanol–water partition coefficient (Wildman–Crippen LogP) is 2.12. The summed E-state index contributed by atoms with van der Waals surface area (Å²) in [5, 5.41) is 13.0. The van der Waals surface area contributed by atoms with Crippen LogP contribution in [0.5, 0.6) is 0 Å². The molecule has 142 valence electrons. The summed E-state index contributed by atoms with van der Waals surface area (Å²) in [6, 6.07) is 9.68. The number of hydrogen-bond acceptors (Lipinski definition) is 5. The number of carboxylic acid groups (broad SMARTS) is 1. The van der Waals surface area contributed by atoms with Crippen molar-refractivity contribution in [2.24, 2.45) is 11.8 Å². The first kappa shape index (κ1) is 17.7. The molecule has 3 atom stereocenters. The topological polar surface area (TPSA) is 86.9 Å². The zero-order chi connectivity index (χ0) is 19.1. The van der Waals surface area contributed by atoms with E-state index in [1.807, 2.05) is 21.9 Å². The molecule has 4 rings (SSSR count). The van der Waals surface area contributed by atoms with Crippen LogP contribution in [0.1, 0.15) is 33.4 Å². The van der Waals surface area contributed by atoms with Gasteiger partial charge in [0.2, 0.25) is 0 Å². The van der Waals surface area contributed by atoms with Crippen LogP contribution in [-0.2, 0) is 4.79 Å². The van der Waals surface area contributed by atoms with Crippen molar-refractivity contribution in [3.05, 3.63) is 52.9 Å². The smallest absolute Gasteiger partial charge is 0.317 e. The van der Waals surface area contributed by atoms with Gasteiger partial charge in [-0.3, -0.25) is 14.5 Å². The fraction of sp³-hybridized carbons (Fsp3) is 0.450. The standard InChI is InChI=1S/C20H23N3O4/c1-12-5-3-4-6-15(12)19-16-10-22(11-18(24)25)8-14(16)9-23(19)20(26)17-7-13(2)27-21-17/h3-7,14,16,19H,8-11H2,1-2H3,(H,24,25)/t14-,16-,19+/m0/s1. The summed E-state index contributed by atoms with van der Waals surface area (Å²) in [5.74, 6) is 0.138. The molecule has 1 aromatic carbocycles. The molecule has 27 heavy (non-hydrogen) atoms. The van der Waals surface area contributed by atoms with E-state index < -0.39 is 5.97 Å². The molecule has 2 aromatic rings. The van der Waals surface area contributed by atoms with Gasteiger partial charge >= 0.3 is 5.97 Å². The van der Waals surface area contributed by atoms with Gasteiger partial charge in [-0.1, -0.05) is 29.4 Å². The molecule has 0 unspecified atom stereocenters. The quantitative estimate of drug-likeness (QED) is 0.888. The van der Waals surface area contributed by atoms with E-state index in [1.54, 1.807) is 13.0 Å². The SMILES string of the molecule is Cc1cc(C(=O)N2C[C@@H]3CN(CC(=O)O)C[C@@H]3[C@H]2c2ccccc2C)no1. The van der Waals surface area contributed by atoms with Crippen LogP contribution in [0.3, 0.4) is 0 Å². The van der Waals surface area contributed by atoms with Crippen molar-refractivity contribution in [1.82, 2.24) is 15.0 Å². The number of aliphatic carboxylic acids is 1. The molecule has 3 heterocycles. The Kier molecular flexibility index (Phi) is 4.47. The summed E-state index contributed by atoms with van der Waals surface area (Å²) in [4.78, 5) is 28.1. The minimum absolute atomic E-state index is 0.0456. The van der Waals surface area contributed by atoms with Crippen LogP contribution in [0.15, 0.2) is 34.9 Å². The molecule has 1 N–H and O–H groups in total. The predicted molar refractivity (Wildman–Crippen MR) is 97.3 cm³/mol. The van der Waals surface area contributed by atoms with Crippen molar-refractivity contribution in [3.8, 4) is 0 Å². The number of aromatic nitrogens is 1. The van der Waals surface area contributed by atoms with E-state index in [2.05, 4.69) is 24.2 Å². The van der Waals surface area contributed by atoms with Gasteiger partial charge in [-0.15, -0.1) is 0 Å². The molecule has 0 spiro atoms. The largest absolute Gasteiger partial charge is 0.480 e. The Balaban J connectivity index is 1.67. The van der Waals surface area contributed by atoms with Gasteiger partial charge in [-0.25, -0.2) is 0 Å². The van der Waals surface area contributed by atoms with E-state index in [0.717, 1.165) is 11.1 Å². The zero-order valence-corrected chi connectivity index (χ0v) is 15.5. The highest BCUT2D eigenvalue weighted by atomic mass is 16.5. The first-order chi connectivity index (χ1) is 12.9. The number of nitrogens with zero attached hydrogens (tertiary/aromatic N) is 3. The fourth-order valence-corrected chi connectivity index (χ4v) is 4.60. The highest BCUT2D eigenvalue weighted by molar-refractivity contribution is 5.93. The van der Waals surface area contributed by atoms with E-state index in [-0.39, 0.29) is 30.3 Å². The van der Waals surface area contributed by atoms with Gasteiger partial charge in [0.05, 0.1) is 12.6 Å². The van der Waals surface area contributed by atoms with Gasteiger partial charge in [0.25, 0.3) is 5.91 Å². The van der Waals surface area contributed by atoms with Crippen LogP contribution < -0.4 is 0 Å². The monoisotopic (exact) mass is 369 g/mol. The lowest BCUT2D eigenvalue weighted by Gasteiger charge is -2.30. The third kappa shape index (κ3) is 3.23. The normalized spacial score (nSPS) is 25.0. The molecule has 2 saturated heterocycles. The summed E-state index contributed by atoms with van der Waals surface area (Å²) >= 11 is 0. The maximum Gasteiger partial charge on any atom is 0.317 e. The number of likely N-dealkylation sites (tertiary alicyclic amines) is 2. The van der Waals surface area contributed by atoms with Crippen molar-refractivity contribution in [3.63, 3.8) is 0 Å². The van der Waals surface area contributed by atoms with Crippen LogP contribution >= 0.6 is 0 Å². The lowest BCUT2D eigenvalue weighted by atomic mass is 9.87. The molecule has 2 aliphatic heterocycles. The number of carbonyl (C=O) groups is 2. The van der Waals surface area contributed by atoms with Crippen LogP contribution in [0.4, 0.5) is 0 Å². The maximum atomic E-state index is 13.1.